The minimum atomic E-state index is -0.301. The largest absolute Gasteiger partial charge is 0.394 e. The van der Waals surface area contributed by atoms with Crippen molar-refractivity contribution in [2.45, 2.75) is 50.2 Å². The van der Waals surface area contributed by atoms with Crippen LogP contribution in [-0.4, -0.2) is 55.0 Å². The maximum absolute atomic E-state index is 9.44. The van der Waals surface area contributed by atoms with Crippen molar-refractivity contribution in [3.63, 3.8) is 0 Å². The van der Waals surface area contributed by atoms with E-state index in [4.69, 9.17) is 10.5 Å². The van der Waals surface area contributed by atoms with Gasteiger partial charge < -0.3 is 20.5 Å². The first-order valence-corrected chi connectivity index (χ1v) is 7.33. The van der Waals surface area contributed by atoms with E-state index in [0.29, 0.717) is 12.0 Å². The number of piperidine rings is 1. The lowest BCUT2D eigenvalue weighted by Gasteiger charge is -2.34. The Balaban J connectivity index is 1.72. The van der Waals surface area contributed by atoms with Gasteiger partial charge in [-0.3, -0.25) is 0 Å². The lowest BCUT2D eigenvalue weighted by atomic mass is 9.86. The van der Waals surface area contributed by atoms with Gasteiger partial charge in [-0.1, -0.05) is 6.42 Å². The fourth-order valence-electron chi connectivity index (χ4n) is 3.52. The molecule has 2 fully saturated rings. The third-order valence-electron chi connectivity index (χ3n) is 4.96. The zero-order valence-corrected chi connectivity index (χ0v) is 11.6. The molecule has 0 spiro atoms. The molecule has 0 radical (unpaired) electrons. The van der Waals surface area contributed by atoms with E-state index in [-0.39, 0.29) is 12.1 Å². The zero-order chi connectivity index (χ0) is 13.0. The molecule has 4 nitrogen and oxygen atoms in total. The van der Waals surface area contributed by atoms with Crippen LogP contribution in [0.2, 0.25) is 0 Å². The van der Waals surface area contributed by atoms with Gasteiger partial charge in [0.2, 0.25) is 0 Å². The van der Waals surface area contributed by atoms with Crippen molar-refractivity contribution >= 4 is 0 Å². The second kappa shape index (κ2) is 6.33. The highest BCUT2D eigenvalue weighted by Crippen LogP contribution is 2.35. The van der Waals surface area contributed by atoms with Crippen LogP contribution >= 0.6 is 0 Å². The van der Waals surface area contributed by atoms with Crippen molar-refractivity contribution in [2.75, 3.05) is 33.4 Å². The van der Waals surface area contributed by atoms with Crippen LogP contribution in [0.1, 0.15) is 38.5 Å². The normalized spacial score (nSPS) is 35.2. The first-order chi connectivity index (χ1) is 8.68. The minimum Gasteiger partial charge on any atom is -0.394 e. The Morgan fingerprint density at radius 2 is 2.06 bits per heavy atom. The van der Waals surface area contributed by atoms with Crippen molar-refractivity contribution < 1.29 is 9.84 Å². The Kier molecular flexibility index (Phi) is 5.01. The fourth-order valence-corrected chi connectivity index (χ4v) is 3.52. The number of aliphatic hydroxyl groups is 1. The summed E-state index contributed by atoms with van der Waals surface area (Å²) in [5.41, 5.74) is 5.97. The average molecular weight is 256 g/mol. The van der Waals surface area contributed by atoms with E-state index < -0.39 is 0 Å². The van der Waals surface area contributed by atoms with E-state index in [1.807, 2.05) is 7.11 Å². The number of hydrogen-bond acceptors (Lipinski definition) is 4. The van der Waals surface area contributed by atoms with E-state index in [0.717, 1.165) is 45.3 Å². The molecule has 1 aliphatic heterocycles. The lowest BCUT2D eigenvalue weighted by Crippen LogP contribution is -2.48. The Hall–Kier alpha value is -0.160. The molecule has 2 unspecified atom stereocenters. The first kappa shape index (κ1) is 14.3. The monoisotopic (exact) mass is 256 g/mol. The minimum absolute atomic E-state index is 0.142. The Bertz CT molecular complexity index is 254. The number of hydrogen-bond donors (Lipinski definition) is 2. The van der Waals surface area contributed by atoms with Crippen molar-refractivity contribution in [1.82, 2.24) is 4.90 Å². The topological polar surface area (TPSA) is 58.7 Å². The van der Waals surface area contributed by atoms with Gasteiger partial charge in [0.05, 0.1) is 12.7 Å². The molecular formula is C14H28N2O2. The van der Waals surface area contributed by atoms with Gasteiger partial charge >= 0.3 is 0 Å². The molecule has 1 aliphatic carbocycles. The van der Waals surface area contributed by atoms with Gasteiger partial charge in [0, 0.05) is 25.7 Å². The van der Waals surface area contributed by atoms with Gasteiger partial charge in [-0.2, -0.15) is 0 Å². The third kappa shape index (κ3) is 3.23. The van der Waals surface area contributed by atoms with Crippen molar-refractivity contribution in [3.8, 4) is 0 Å². The molecule has 4 heteroatoms. The summed E-state index contributed by atoms with van der Waals surface area (Å²) in [5, 5.41) is 9.44. The van der Waals surface area contributed by atoms with Gasteiger partial charge in [-0.05, 0) is 44.6 Å². The van der Waals surface area contributed by atoms with E-state index in [1.54, 1.807) is 0 Å². The fraction of sp³-hybridized carbons (Fsp3) is 1.00. The number of nitrogens with zero attached hydrogens (tertiary/aromatic N) is 1. The highest BCUT2D eigenvalue weighted by Gasteiger charge is 2.38. The number of rotatable bonds is 5. The first-order valence-electron chi connectivity index (χ1n) is 7.33. The summed E-state index contributed by atoms with van der Waals surface area (Å²) >= 11 is 0. The van der Waals surface area contributed by atoms with Gasteiger partial charge in [-0.25, -0.2) is 0 Å². The average Bonchev–Trinajstić information content (AvgIpc) is 2.79. The molecule has 2 atom stereocenters. The molecule has 1 saturated carbocycles. The van der Waals surface area contributed by atoms with Crippen LogP contribution in [0.4, 0.5) is 0 Å². The van der Waals surface area contributed by atoms with Crippen molar-refractivity contribution in [3.05, 3.63) is 0 Å². The summed E-state index contributed by atoms with van der Waals surface area (Å²) in [6, 6.07) is 0. The number of nitrogens with two attached hydrogens (primary N) is 1. The van der Waals surface area contributed by atoms with Crippen LogP contribution < -0.4 is 5.73 Å². The van der Waals surface area contributed by atoms with E-state index in [2.05, 4.69) is 4.90 Å². The third-order valence-corrected chi connectivity index (χ3v) is 4.96. The molecular weight excluding hydrogens is 228 g/mol. The van der Waals surface area contributed by atoms with E-state index in [1.165, 1.54) is 12.8 Å². The number of aliphatic hydroxyl groups excluding tert-OH is 1. The summed E-state index contributed by atoms with van der Waals surface area (Å²) in [6.45, 7) is 3.55. The highest BCUT2D eigenvalue weighted by molar-refractivity contribution is 4.96. The van der Waals surface area contributed by atoms with E-state index >= 15 is 0 Å². The molecule has 0 aromatic rings. The maximum atomic E-state index is 9.44. The number of likely N-dealkylation sites (tertiary alicyclic amines) is 1. The van der Waals surface area contributed by atoms with Crippen molar-refractivity contribution in [1.29, 1.82) is 0 Å². The molecule has 0 aromatic heterocycles. The molecule has 2 rings (SSSR count). The maximum Gasteiger partial charge on any atom is 0.0613 e. The molecule has 1 heterocycles. The summed E-state index contributed by atoms with van der Waals surface area (Å²) in [6.07, 6.45) is 7.23. The smallest absolute Gasteiger partial charge is 0.0613 e. The number of methoxy groups -OCH3 is 1. The standard InChI is InChI=1S/C14H28N2O2/c1-18-13-5-9-16(10-6-13)8-4-12-3-2-7-14(12,15)11-17/h12-13,17H,2-11,15H2,1H3. The predicted molar refractivity (Wildman–Crippen MR) is 72.4 cm³/mol. The van der Waals surface area contributed by atoms with Crippen LogP contribution in [0.15, 0.2) is 0 Å². The quantitative estimate of drug-likeness (QED) is 0.770. The van der Waals surface area contributed by atoms with Gasteiger partial charge in [0.15, 0.2) is 0 Å². The van der Waals surface area contributed by atoms with Crippen LogP contribution in [-0.2, 0) is 4.74 Å². The Morgan fingerprint density at radius 3 is 2.67 bits per heavy atom. The lowest BCUT2D eigenvalue weighted by molar-refractivity contribution is 0.0379. The van der Waals surface area contributed by atoms with Gasteiger partial charge in [-0.15, -0.1) is 0 Å². The van der Waals surface area contributed by atoms with E-state index in [9.17, 15) is 5.11 Å². The van der Waals surface area contributed by atoms with Crippen molar-refractivity contribution in [2.24, 2.45) is 11.7 Å². The molecule has 106 valence electrons. The van der Waals surface area contributed by atoms with Crippen LogP contribution in [0, 0.1) is 5.92 Å². The summed E-state index contributed by atoms with van der Waals surface area (Å²) in [5.74, 6) is 0.502. The zero-order valence-electron chi connectivity index (χ0n) is 11.6. The molecule has 3 N–H and O–H groups in total. The van der Waals surface area contributed by atoms with Gasteiger partial charge in [0.1, 0.15) is 0 Å². The highest BCUT2D eigenvalue weighted by atomic mass is 16.5. The molecule has 1 saturated heterocycles. The van der Waals surface area contributed by atoms with Crippen LogP contribution in [0.5, 0.6) is 0 Å². The number of ether oxygens (including phenoxy) is 1. The van der Waals surface area contributed by atoms with Crippen LogP contribution in [0.25, 0.3) is 0 Å². The molecule has 18 heavy (non-hydrogen) atoms. The molecule has 0 amide bonds. The molecule has 0 bridgehead atoms. The predicted octanol–water partition coefficient (Wildman–Crippen LogP) is 0.977. The SMILES string of the molecule is COC1CCN(CCC2CCCC2(N)CO)CC1. The second-order valence-corrected chi connectivity index (χ2v) is 6.05. The molecule has 2 aliphatic rings. The molecule has 0 aromatic carbocycles. The Labute approximate surface area is 110 Å². The second-order valence-electron chi connectivity index (χ2n) is 6.05. The van der Waals surface area contributed by atoms with Crippen LogP contribution in [0.3, 0.4) is 0 Å². The van der Waals surface area contributed by atoms with Gasteiger partial charge in [0.25, 0.3) is 0 Å². The summed E-state index contributed by atoms with van der Waals surface area (Å²) in [7, 11) is 1.81. The summed E-state index contributed by atoms with van der Waals surface area (Å²) < 4.78 is 5.39. The summed E-state index contributed by atoms with van der Waals surface area (Å²) in [4.78, 5) is 2.52. The Morgan fingerprint density at radius 1 is 1.33 bits per heavy atom.